The van der Waals surface area contributed by atoms with Crippen LogP contribution in [0.1, 0.15) is 27.7 Å². The maximum Gasteiger partial charge on any atom is 0.391 e. The van der Waals surface area contributed by atoms with E-state index in [2.05, 4.69) is 23.3 Å². The molecule has 0 radical (unpaired) electrons. The van der Waals surface area contributed by atoms with E-state index < -0.39 is 7.67 Å². The standard InChI is InChI=1S/C18H29N2O2P/c1-7-17(14(3)4)19-23(21,20-18(8-2)15(5)6)22-16-12-10-9-11-13-16/h7-15,17-18H,1-2H2,3-6H3,(H2,19,20,21)/t17-,18-/m1/s1. The van der Waals surface area contributed by atoms with Gasteiger partial charge in [0, 0.05) is 12.1 Å². The lowest BCUT2D eigenvalue weighted by atomic mass is 10.1. The predicted molar refractivity (Wildman–Crippen MR) is 98.6 cm³/mol. The molecule has 1 rings (SSSR count). The molecular weight excluding hydrogens is 307 g/mol. The first-order chi connectivity index (χ1) is 10.8. The SMILES string of the molecule is C=C[C@@H](NP(=O)(N[C@H](C=C)C(C)C)Oc1ccccc1)C(C)C. The van der Waals surface area contributed by atoms with Gasteiger partial charge in [-0.25, -0.2) is 14.7 Å². The zero-order chi connectivity index (χ0) is 17.5. The molecule has 1 aromatic rings. The summed E-state index contributed by atoms with van der Waals surface area (Å²) in [6.07, 6.45) is 3.51. The quantitative estimate of drug-likeness (QED) is 0.477. The van der Waals surface area contributed by atoms with Gasteiger partial charge in [-0.1, -0.05) is 58.0 Å². The van der Waals surface area contributed by atoms with E-state index >= 15 is 0 Å². The van der Waals surface area contributed by atoms with Gasteiger partial charge in [0.25, 0.3) is 0 Å². The van der Waals surface area contributed by atoms with E-state index in [4.69, 9.17) is 4.52 Å². The van der Waals surface area contributed by atoms with Crippen molar-refractivity contribution in [2.24, 2.45) is 11.8 Å². The summed E-state index contributed by atoms with van der Waals surface area (Å²) in [5, 5.41) is 6.21. The monoisotopic (exact) mass is 336 g/mol. The number of para-hydroxylation sites is 1. The van der Waals surface area contributed by atoms with Crippen LogP contribution in [0.3, 0.4) is 0 Å². The topological polar surface area (TPSA) is 50.4 Å². The number of hydrogen-bond acceptors (Lipinski definition) is 2. The van der Waals surface area contributed by atoms with Gasteiger partial charge in [-0.05, 0) is 24.0 Å². The summed E-state index contributed by atoms with van der Waals surface area (Å²) < 4.78 is 19.2. The highest BCUT2D eigenvalue weighted by Crippen LogP contribution is 2.41. The van der Waals surface area contributed by atoms with Gasteiger partial charge in [0.2, 0.25) is 0 Å². The average molecular weight is 336 g/mol. The van der Waals surface area contributed by atoms with Crippen LogP contribution in [-0.2, 0) is 4.57 Å². The van der Waals surface area contributed by atoms with E-state index in [0.717, 1.165) is 0 Å². The highest BCUT2D eigenvalue weighted by Gasteiger charge is 2.31. The fourth-order valence-corrected chi connectivity index (χ4v) is 4.25. The van der Waals surface area contributed by atoms with Gasteiger partial charge in [0.15, 0.2) is 0 Å². The Balaban J connectivity index is 3.05. The third-order valence-corrected chi connectivity index (χ3v) is 5.30. The van der Waals surface area contributed by atoms with Crippen LogP contribution in [-0.4, -0.2) is 12.1 Å². The average Bonchev–Trinajstić information content (AvgIpc) is 2.51. The lowest BCUT2D eigenvalue weighted by Crippen LogP contribution is -2.40. The van der Waals surface area contributed by atoms with E-state index in [9.17, 15) is 4.57 Å². The molecule has 0 saturated heterocycles. The molecule has 0 unspecified atom stereocenters. The lowest BCUT2D eigenvalue weighted by molar-refractivity contribution is 0.407. The summed E-state index contributed by atoms with van der Waals surface area (Å²) in [6, 6.07) is 8.89. The minimum absolute atomic E-state index is 0.130. The molecule has 0 aliphatic carbocycles. The molecule has 1 aromatic carbocycles. The molecule has 23 heavy (non-hydrogen) atoms. The van der Waals surface area contributed by atoms with Crippen molar-refractivity contribution < 1.29 is 9.09 Å². The lowest BCUT2D eigenvalue weighted by Gasteiger charge is -2.30. The molecule has 4 nitrogen and oxygen atoms in total. The van der Waals surface area contributed by atoms with Crippen molar-refractivity contribution in [2.45, 2.75) is 39.8 Å². The minimum atomic E-state index is -3.34. The Bertz CT molecular complexity index is 517. The van der Waals surface area contributed by atoms with E-state index in [1.807, 2.05) is 45.9 Å². The Hall–Kier alpha value is -1.35. The molecule has 0 aromatic heterocycles. The van der Waals surface area contributed by atoms with Gasteiger partial charge in [0.1, 0.15) is 5.75 Å². The third-order valence-electron chi connectivity index (χ3n) is 3.56. The van der Waals surface area contributed by atoms with Crippen molar-refractivity contribution in [1.82, 2.24) is 10.2 Å². The van der Waals surface area contributed by atoms with Crippen molar-refractivity contribution in [2.75, 3.05) is 0 Å². The normalized spacial score (nSPS) is 14.5. The molecule has 0 aliphatic rings. The Kier molecular flexibility index (Phi) is 7.77. The Morgan fingerprint density at radius 3 is 1.74 bits per heavy atom. The second kappa shape index (κ2) is 9.07. The summed E-state index contributed by atoms with van der Waals surface area (Å²) in [5.41, 5.74) is 0. The molecule has 0 saturated carbocycles. The van der Waals surface area contributed by atoms with Crippen LogP contribution >= 0.6 is 7.67 Å². The van der Waals surface area contributed by atoms with Gasteiger partial charge < -0.3 is 4.52 Å². The third kappa shape index (κ3) is 6.34. The fraction of sp³-hybridized carbons (Fsp3) is 0.444. The van der Waals surface area contributed by atoms with Gasteiger partial charge in [0.05, 0.1) is 0 Å². The Morgan fingerprint density at radius 1 is 0.957 bits per heavy atom. The van der Waals surface area contributed by atoms with Crippen molar-refractivity contribution in [1.29, 1.82) is 0 Å². The second-order valence-corrected chi connectivity index (χ2v) is 8.03. The molecule has 0 bridgehead atoms. The van der Waals surface area contributed by atoms with Gasteiger partial charge >= 0.3 is 7.67 Å². The summed E-state index contributed by atoms with van der Waals surface area (Å²) in [4.78, 5) is 0. The predicted octanol–water partition coefficient (Wildman–Crippen LogP) is 4.77. The van der Waals surface area contributed by atoms with Crippen LogP contribution in [0, 0.1) is 11.8 Å². The van der Waals surface area contributed by atoms with Crippen molar-refractivity contribution in [3.05, 3.63) is 55.6 Å². The summed E-state index contributed by atoms with van der Waals surface area (Å²) in [7, 11) is -3.34. The first kappa shape index (κ1) is 19.7. The second-order valence-electron chi connectivity index (χ2n) is 6.23. The van der Waals surface area contributed by atoms with Crippen LogP contribution in [0.5, 0.6) is 5.75 Å². The molecule has 0 spiro atoms. The van der Waals surface area contributed by atoms with Gasteiger partial charge in [-0.15, -0.1) is 13.2 Å². The van der Waals surface area contributed by atoms with Crippen LogP contribution in [0.25, 0.3) is 0 Å². The smallest absolute Gasteiger partial charge is 0.391 e. The number of benzene rings is 1. The Morgan fingerprint density at radius 2 is 1.39 bits per heavy atom. The van der Waals surface area contributed by atoms with Gasteiger partial charge in [-0.3, -0.25) is 0 Å². The molecule has 2 atom stereocenters. The molecular formula is C18H29N2O2P. The zero-order valence-electron chi connectivity index (χ0n) is 14.5. The summed E-state index contributed by atoms with van der Waals surface area (Å²) in [5.74, 6) is 1.03. The number of rotatable bonds is 10. The van der Waals surface area contributed by atoms with Crippen LogP contribution < -0.4 is 14.7 Å². The first-order valence-corrected chi connectivity index (χ1v) is 9.59. The van der Waals surface area contributed by atoms with Crippen LogP contribution in [0.2, 0.25) is 0 Å². The molecule has 5 heteroatoms. The molecule has 0 heterocycles. The van der Waals surface area contributed by atoms with Crippen LogP contribution in [0.15, 0.2) is 55.6 Å². The molecule has 2 N–H and O–H groups in total. The fourth-order valence-electron chi connectivity index (χ4n) is 2.06. The molecule has 0 fully saturated rings. The number of nitrogens with one attached hydrogen (secondary N) is 2. The largest absolute Gasteiger partial charge is 0.422 e. The van der Waals surface area contributed by atoms with E-state index in [1.165, 1.54) is 0 Å². The van der Waals surface area contributed by atoms with E-state index in [-0.39, 0.29) is 23.9 Å². The minimum Gasteiger partial charge on any atom is -0.422 e. The Labute approximate surface area is 140 Å². The first-order valence-electron chi connectivity index (χ1n) is 7.96. The van der Waals surface area contributed by atoms with Crippen molar-refractivity contribution >= 4 is 7.67 Å². The van der Waals surface area contributed by atoms with Crippen molar-refractivity contribution in [3.8, 4) is 5.75 Å². The van der Waals surface area contributed by atoms with Gasteiger partial charge in [-0.2, -0.15) is 0 Å². The summed E-state index contributed by atoms with van der Waals surface area (Å²) in [6.45, 7) is 15.8. The maximum atomic E-state index is 13.4. The number of hydrogen-bond donors (Lipinski definition) is 2. The zero-order valence-corrected chi connectivity index (χ0v) is 15.4. The molecule has 0 amide bonds. The molecule has 0 aliphatic heterocycles. The highest BCUT2D eigenvalue weighted by molar-refractivity contribution is 7.55. The molecule has 128 valence electrons. The summed E-state index contributed by atoms with van der Waals surface area (Å²) >= 11 is 0. The highest BCUT2D eigenvalue weighted by atomic mass is 31.2. The maximum absolute atomic E-state index is 13.4. The van der Waals surface area contributed by atoms with E-state index in [1.54, 1.807) is 24.3 Å². The van der Waals surface area contributed by atoms with Crippen molar-refractivity contribution in [3.63, 3.8) is 0 Å². The van der Waals surface area contributed by atoms with E-state index in [0.29, 0.717) is 5.75 Å². The van der Waals surface area contributed by atoms with Crippen LogP contribution in [0.4, 0.5) is 0 Å².